The van der Waals surface area contributed by atoms with Gasteiger partial charge in [-0.3, -0.25) is 4.90 Å². The summed E-state index contributed by atoms with van der Waals surface area (Å²) in [6.07, 6.45) is 5.07. The van der Waals surface area contributed by atoms with Crippen molar-refractivity contribution in [1.29, 1.82) is 0 Å². The van der Waals surface area contributed by atoms with Crippen molar-refractivity contribution in [3.05, 3.63) is 58.6 Å². The smallest absolute Gasteiger partial charge is 0.231 e. The highest BCUT2D eigenvalue weighted by Gasteiger charge is 2.49. The fraction of sp³-hybridized carbons (Fsp3) is 0.478. The van der Waals surface area contributed by atoms with Crippen molar-refractivity contribution in [1.82, 2.24) is 4.90 Å². The second-order valence-electron chi connectivity index (χ2n) is 8.33. The van der Waals surface area contributed by atoms with Gasteiger partial charge in [-0.15, -0.1) is 0 Å². The molecule has 2 heterocycles. The molecule has 2 fully saturated rings. The molecule has 1 aliphatic carbocycles. The molecule has 28 heavy (non-hydrogen) atoms. The molecule has 4 nitrogen and oxygen atoms in total. The van der Waals surface area contributed by atoms with Gasteiger partial charge in [0.05, 0.1) is 5.60 Å². The van der Waals surface area contributed by atoms with Gasteiger partial charge in [0.15, 0.2) is 11.5 Å². The first-order valence-electron chi connectivity index (χ1n) is 10.2. The van der Waals surface area contributed by atoms with E-state index in [0.29, 0.717) is 0 Å². The molecular weight excluding hydrogens is 374 g/mol. The lowest BCUT2D eigenvalue weighted by atomic mass is 9.66. The Morgan fingerprint density at radius 2 is 1.93 bits per heavy atom. The Kier molecular flexibility index (Phi) is 4.74. The van der Waals surface area contributed by atoms with E-state index >= 15 is 0 Å². The molecule has 0 aromatic heterocycles. The van der Waals surface area contributed by atoms with Gasteiger partial charge < -0.3 is 14.6 Å². The van der Waals surface area contributed by atoms with Crippen LogP contribution in [0.3, 0.4) is 0 Å². The summed E-state index contributed by atoms with van der Waals surface area (Å²) in [4.78, 5) is 2.49. The van der Waals surface area contributed by atoms with Crippen molar-refractivity contribution >= 4 is 11.6 Å². The molecular formula is C23H26ClNO3. The molecule has 0 amide bonds. The summed E-state index contributed by atoms with van der Waals surface area (Å²) in [7, 11) is 0. The highest BCUT2D eigenvalue weighted by molar-refractivity contribution is 6.31. The molecule has 148 valence electrons. The standard InChI is InChI=1S/C23H26ClNO3/c24-19-7-2-1-5-17(19)14-25-12-11-23(26)10-4-3-6-18(23)22(25)16-8-9-20-21(13-16)28-15-27-20/h1-2,5,7-9,13,18,22,26H,3-4,6,10-12,14-15H2/t18-,22-,23-/m0/s1. The summed E-state index contributed by atoms with van der Waals surface area (Å²) >= 11 is 6.47. The van der Waals surface area contributed by atoms with Gasteiger partial charge >= 0.3 is 0 Å². The molecule has 1 saturated carbocycles. The molecule has 3 aliphatic rings. The van der Waals surface area contributed by atoms with E-state index in [-0.39, 0.29) is 18.8 Å². The number of piperidine rings is 1. The predicted octanol–water partition coefficient (Wildman–Crippen LogP) is 4.94. The minimum Gasteiger partial charge on any atom is -0.454 e. The maximum absolute atomic E-state index is 11.4. The first-order chi connectivity index (χ1) is 13.6. The third-order valence-corrected chi connectivity index (χ3v) is 7.11. The first-order valence-corrected chi connectivity index (χ1v) is 10.6. The summed E-state index contributed by atoms with van der Waals surface area (Å²) in [5.41, 5.74) is 1.76. The van der Waals surface area contributed by atoms with E-state index in [1.807, 2.05) is 24.3 Å². The molecule has 0 radical (unpaired) electrons. The number of likely N-dealkylation sites (tertiary alicyclic amines) is 1. The van der Waals surface area contributed by atoms with E-state index < -0.39 is 5.60 Å². The molecule has 2 aromatic carbocycles. The molecule has 0 unspecified atom stereocenters. The summed E-state index contributed by atoms with van der Waals surface area (Å²) < 4.78 is 11.1. The van der Waals surface area contributed by atoms with E-state index in [0.717, 1.165) is 60.9 Å². The number of ether oxygens (including phenoxy) is 2. The van der Waals surface area contributed by atoms with Crippen LogP contribution in [0.25, 0.3) is 0 Å². The summed E-state index contributed by atoms with van der Waals surface area (Å²) in [5.74, 6) is 1.83. The van der Waals surface area contributed by atoms with E-state index in [4.69, 9.17) is 21.1 Å². The minimum atomic E-state index is -0.573. The van der Waals surface area contributed by atoms with Crippen LogP contribution in [0.1, 0.15) is 49.3 Å². The third kappa shape index (κ3) is 3.18. The van der Waals surface area contributed by atoms with Gasteiger partial charge in [-0.2, -0.15) is 0 Å². The van der Waals surface area contributed by atoms with Crippen molar-refractivity contribution in [3.63, 3.8) is 0 Å². The normalized spacial score (nSPS) is 29.5. The van der Waals surface area contributed by atoms with E-state index in [9.17, 15) is 5.11 Å². The Morgan fingerprint density at radius 3 is 2.82 bits per heavy atom. The number of aliphatic hydroxyl groups is 1. The topological polar surface area (TPSA) is 41.9 Å². The molecule has 3 atom stereocenters. The monoisotopic (exact) mass is 399 g/mol. The van der Waals surface area contributed by atoms with Crippen molar-refractivity contribution in [3.8, 4) is 11.5 Å². The van der Waals surface area contributed by atoms with Crippen LogP contribution in [0.5, 0.6) is 11.5 Å². The maximum atomic E-state index is 11.4. The molecule has 2 aromatic rings. The number of halogens is 1. The van der Waals surface area contributed by atoms with Gasteiger partial charge in [-0.05, 0) is 48.6 Å². The van der Waals surface area contributed by atoms with Gasteiger partial charge in [0.1, 0.15) is 0 Å². The zero-order valence-corrected chi connectivity index (χ0v) is 16.7. The third-order valence-electron chi connectivity index (χ3n) is 6.74. The van der Waals surface area contributed by atoms with E-state index in [2.05, 4.69) is 23.1 Å². The molecule has 0 bridgehead atoms. The zero-order valence-electron chi connectivity index (χ0n) is 15.9. The van der Waals surface area contributed by atoms with Crippen LogP contribution in [0.4, 0.5) is 0 Å². The number of benzene rings is 2. The molecule has 0 spiro atoms. The second kappa shape index (κ2) is 7.25. The average Bonchev–Trinajstić information content (AvgIpc) is 3.17. The van der Waals surface area contributed by atoms with Crippen LogP contribution in [0.15, 0.2) is 42.5 Å². The van der Waals surface area contributed by atoms with Crippen LogP contribution < -0.4 is 9.47 Å². The summed E-state index contributed by atoms with van der Waals surface area (Å²) in [6, 6.07) is 14.4. The fourth-order valence-electron chi connectivity index (χ4n) is 5.31. The van der Waals surface area contributed by atoms with Crippen molar-refractivity contribution in [2.45, 2.75) is 50.3 Å². The SMILES string of the molecule is O[C@]12CCCC[C@H]1[C@H](c1ccc3c(c1)OCO3)N(Cc1ccccc1Cl)CC2. The molecule has 1 N–H and O–H groups in total. The lowest BCUT2D eigenvalue weighted by Crippen LogP contribution is -2.54. The van der Waals surface area contributed by atoms with Crippen LogP contribution >= 0.6 is 11.6 Å². The maximum Gasteiger partial charge on any atom is 0.231 e. The predicted molar refractivity (Wildman–Crippen MR) is 109 cm³/mol. The molecule has 2 aliphatic heterocycles. The Balaban J connectivity index is 1.53. The highest BCUT2D eigenvalue weighted by Crippen LogP contribution is 2.50. The summed E-state index contributed by atoms with van der Waals surface area (Å²) in [5, 5.41) is 12.2. The van der Waals surface area contributed by atoms with Gasteiger partial charge in [0.25, 0.3) is 0 Å². The average molecular weight is 400 g/mol. The zero-order chi connectivity index (χ0) is 19.1. The van der Waals surface area contributed by atoms with Gasteiger partial charge in [0.2, 0.25) is 6.79 Å². The van der Waals surface area contributed by atoms with Crippen LogP contribution in [0.2, 0.25) is 5.02 Å². The number of hydrogen-bond donors (Lipinski definition) is 1. The highest BCUT2D eigenvalue weighted by atomic mass is 35.5. The van der Waals surface area contributed by atoms with E-state index in [1.54, 1.807) is 0 Å². The lowest BCUT2D eigenvalue weighted by molar-refractivity contribution is -0.126. The Labute approximate surface area is 171 Å². The van der Waals surface area contributed by atoms with Crippen molar-refractivity contribution in [2.24, 2.45) is 5.92 Å². The van der Waals surface area contributed by atoms with Gasteiger partial charge in [0, 0.05) is 30.1 Å². The van der Waals surface area contributed by atoms with Gasteiger partial charge in [-0.1, -0.05) is 48.7 Å². The first kappa shape index (κ1) is 18.3. The largest absolute Gasteiger partial charge is 0.454 e. The molecule has 5 rings (SSSR count). The number of fused-ring (bicyclic) bond motifs is 2. The Hall–Kier alpha value is -1.75. The van der Waals surface area contributed by atoms with Crippen LogP contribution in [0, 0.1) is 5.92 Å². The van der Waals surface area contributed by atoms with Crippen molar-refractivity contribution in [2.75, 3.05) is 13.3 Å². The Morgan fingerprint density at radius 1 is 1.07 bits per heavy atom. The van der Waals surface area contributed by atoms with E-state index in [1.165, 1.54) is 12.0 Å². The fourth-order valence-corrected chi connectivity index (χ4v) is 5.50. The van der Waals surface area contributed by atoms with Gasteiger partial charge in [-0.25, -0.2) is 0 Å². The quantitative estimate of drug-likeness (QED) is 0.794. The number of nitrogens with zero attached hydrogens (tertiary/aromatic N) is 1. The number of hydrogen-bond acceptors (Lipinski definition) is 4. The Bertz CT molecular complexity index is 873. The molecule has 5 heteroatoms. The van der Waals surface area contributed by atoms with Crippen LogP contribution in [-0.2, 0) is 6.54 Å². The second-order valence-corrected chi connectivity index (χ2v) is 8.73. The summed E-state index contributed by atoms with van der Waals surface area (Å²) in [6.45, 7) is 1.92. The number of rotatable bonds is 3. The van der Waals surface area contributed by atoms with Crippen LogP contribution in [-0.4, -0.2) is 28.9 Å². The minimum absolute atomic E-state index is 0.143. The lowest BCUT2D eigenvalue weighted by Gasteiger charge is -2.53. The van der Waals surface area contributed by atoms with Crippen molar-refractivity contribution < 1.29 is 14.6 Å². The molecule has 1 saturated heterocycles.